The van der Waals surface area contributed by atoms with E-state index in [2.05, 4.69) is 22.1 Å². The smallest absolute Gasteiger partial charge is 0.263 e. The van der Waals surface area contributed by atoms with Crippen molar-refractivity contribution in [2.24, 2.45) is 0 Å². The van der Waals surface area contributed by atoms with E-state index < -0.39 is 0 Å². The van der Waals surface area contributed by atoms with Crippen molar-refractivity contribution in [2.45, 2.75) is 6.42 Å². The zero-order valence-corrected chi connectivity index (χ0v) is 12.3. The lowest BCUT2D eigenvalue weighted by Gasteiger charge is -2.09. The normalized spacial score (nSPS) is 10.5. The number of nitrogens with one attached hydrogen (secondary N) is 2. The van der Waals surface area contributed by atoms with Gasteiger partial charge < -0.3 is 21.3 Å². The van der Waals surface area contributed by atoms with Crippen molar-refractivity contribution in [1.29, 1.82) is 0 Å². The first-order valence-electron chi connectivity index (χ1n) is 6.21. The predicted octanol–water partition coefficient (Wildman–Crippen LogP) is 1.61. The Morgan fingerprint density at radius 2 is 2.32 bits per heavy atom. The lowest BCUT2D eigenvalue weighted by Crippen LogP contribution is -2.22. The van der Waals surface area contributed by atoms with Crippen LogP contribution in [0.3, 0.4) is 0 Å². The van der Waals surface area contributed by atoms with Gasteiger partial charge in [0.15, 0.2) is 0 Å². The van der Waals surface area contributed by atoms with Crippen LogP contribution in [-0.4, -0.2) is 44.5 Å². The molecule has 0 unspecified atom stereocenters. The Kier molecular flexibility index (Phi) is 6.38. The second kappa shape index (κ2) is 7.81. The minimum atomic E-state index is -0.149. The summed E-state index contributed by atoms with van der Waals surface area (Å²) in [5.41, 5.74) is 6.36. The van der Waals surface area contributed by atoms with E-state index in [-0.39, 0.29) is 5.91 Å². The molecular weight excluding hydrogens is 260 g/mol. The summed E-state index contributed by atoms with van der Waals surface area (Å²) >= 11 is 1.38. The first-order valence-corrected chi connectivity index (χ1v) is 7.03. The number of hydrogen-bond acceptors (Lipinski definition) is 5. The zero-order valence-electron chi connectivity index (χ0n) is 11.5. The van der Waals surface area contributed by atoms with Gasteiger partial charge in [0.05, 0.1) is 10.7 Å². The van der Waals surface area contributed by atoms with Crippen LogP contribution in [0.4, 0.5) is 10.7 Å². The van der Waals surface area contributed by atoms with Crippen LogP contribution in [0.15, 0.2) is 18.7 Å². The van der Waals surface area contributed by atoms with Crippen molar-refractivity contribution < 1.29 is 4.79 Å². The third-order valence-corrected chi connectivity index (χ3v) is 3.56. The first-order chi connectivity index (χ1) is 9.04. The highest BCUT2D eigenvalue weighted by molar-refractivity contribution is 7.18. The van der Waals surface area contributed by atoms with Gasteiger partial charge in [-0.1, -0.05) is 6.08 Å². The molecule has 0 radical (unpaired) electrons. The number of nitrogens with zero attached hydrogens (tertiary/aromatic N) is 1. The highest BCUT2D eigenvalue weighted by Crippen LogP contribution is 2.28. The minimum Gasteiger partial charge on any atom is -0.397 e. The first kappa shape index (κ1) is 15.5. The predicted molar refractivity (Wildman–Crippen MR) is 82.9 cm³/mol. The van der Waals surface area contributed by atoms with Gasteiger partial charge in [-0.05, 0) is 33.1 Å². The molecule has 0 fully saturated rings. The van der Waals surface area contributed by atoms with Crippen molar-refractivity contribution in [2.75, 3.05) is 44.8 Å². The fourth-order valence-corrected chi connectivity index (χ4v) is 2.44. The Bertz CT molecular complexity index is 428. The fourth-order valence-electron chi connectivity index (χ4n) is 1.52. The summed E-state index contributed by atoms with van der Waals surface area (Å²) in [7, 11) is 4.09. The minimum absolute atomic E-state index is 0.149. The van der Waals surface area contributed by atoms with E-state index in [1.807, 2.05) is 20.2 Å². The number of hydrogen-bond donors (Lipinski definition) is 3. The maximum absolute atomic E-state index is 11.8. The molecule has 0 aromatic carbocycles. The van der Waals surface area contributed by atoms with Gasteiger partial charge in [-0.3, -0.25) is 4.79 Å². The van der Waals surface area contributed by atoms with Crippen LogP contribution in [0.5, 0.6) is 0 Å². The number of nitrogens with two attached hydrogens (primary N) is 1. The molecule has 1 aromatic heterocycles. The van der Waals surface area contributed by atoms with Crippen LogP contribution < -0.4 is 16.4 Å². The van der Waals surface area contributed by atoms with Crippen molar-refractivity contribution >= 4 is 27.9 Å². The lowest BCUT2D eigenvalue weighted by molar-refractivity contribution is 0.0963. The summed E-state index contributed by atoms with van der Waals surface area (Å²) in [5, 5.41) is 6.94. The largest absolute Gasteiger partial charge is 0.397 e. The zero-order chi connectivity index (χ0) is 14.3. The summed E-state index contributed by atoms with van der Waals surface area (Å²) in [5.74, 6) is -0.149. The Morgan fingerprint density at radius 1 is 1.58 bits per heavy atom. The molecule has 0 spiro atoms. The Morgan fingerprint density at radius 3 is 2.95 bits per heavy atom. The highest BCUT2D eigenvalue weighted by Gasteiger charge is 2.13. The topological polar surface area (TPSA) is 70.4 Å². The summed E-state index contributed by atoms with van der Waals surface area (Å²) < 4.78 is 0. The molecule has 1 heterocycles. The maximum Gasteiger partial charge on any atom is 0.263 e. The molecule has 4 N–H and O–H groups in total. The Labute approximate surface area is 118 Å². The average molecular weight is 282 g/mol. The molecule has 0 atom stereocenters. The van der Waals surface area contributed by atoms with Gasteiger partial charge in [0, 0.05) is 13.1 Å². The van der Waals surface area contributed by atoms with Crippen molar-refractivity contribution in [1.82, 2.24) is 10.2 Å². The molecule has 0 aliphatic carbocycles. The van der Waals surface area contributed by atoms with Gasteiger partial charge >= 0.3 is 0 Å². The molecule has 0 saturated heterocycles. The van der Waals surface area contributed by atoms with E-state index in [1.165, 1.54) is 11.3 Å². The number of amides is 1. The van der Waals surface area contributed by atoms with Gasteiger partial charge in [0.25, 0.3) is 5.91 Å². The third kappa shape index (κ3) is 5.32. The molecule has 0 aliphatic heterocycles. The van der Waals surface area contributed by atoms with Gasteiger partial charge in [0.2, 0.25) is 0 Å². The highest BCUT2D eigenvalue weighted by atomic mass is 32.1. The van der Waals surface area contributed by atoms with E-state index in [9.17, 15) is 4.79 Å². The van der Waals surface area contributed by atoms with Gasteiger partial charge in [-0.2, -0.15) is 0 Å². The number of thiophene rings is 1. The van der Waals surface area contributed by atoms with Crippen molar-refractivity contribution in [3.05, 3.63) is 23.6 Å². The van der Waals surface area contributed by atoms with E-state index in [4.69, 9.17) is 5.73 Å². The lowest BCUT2D eigenvalue weighted by atomic mass is 10.3. The molecule has 1 rings (SSSR count). The van der Waals surface area contributed by atoms with E-state index in [0.29, 0.717) is 17.1 Å². The monoisotopic (exact) mass is 282 g/mol. The number of anilines is 2. The quantitative estimate of drug-likeness (QED) is 0.500. The molecule has 6 heteroatoms. The summed E-state index contributed by atoms with van der Waals surface area (Å²) in [4.78, 5) is 14.5. The Balaban J connectivity index is 2.49. The van der Waals surface area contributed by atoms with Crippen LogP contribution >= 0.6 is 11.3 Å². The second-order valence-electron chi connectivity index (χ2n) is 4.48. The molecule has 5 nitrogen and oxygen atoms in total. The standard InChI is InChI=1S/C13H22N4OS/c1-4-6-16-13(18)12-10(14)9-11(19-12)15-7-5-8-17(2)3/h4,9,15H,1,5-8,14H2,2-3H3,(H,16,18). The van der Waals surface area contributed by atoms with E-state index in [1.54, 1.807) is 6.08 Å². The van der Waals surface area contributed by atoms with E-state index in [0.717, 1.165) is 24.5 Å². The summed E-state index contributed by atoms with van der Waals surface area (Å²) in [6.45, 7) is 5.90. The number of carbonyl (C=O) groups excluding carboxylic acids is 1. The van der Waals surface area contributed by atoms with E-state index >= 15 is 0 Å². The number of nitrogen functional groups attached to an aromatic ring is 1. The van der Waals surface area contributed by atoms with Crippen molar-refractivity contribution in [3.63, 3.8) is 0 Å². The summed E-state index contributed by atoms with van der Waals surface area (Å²) in [6, 6.07) is 1.81. The second-order valence-corrected chi connectivity index (χ2v) is 5.53. The van der Waals surface area contributed by atoms with Gasteiger partial charge in [-0.25, -0.2) is 0 Å². The number of rotatable bonds is 8. The van der Waals surface area contributed by atoms with Crippen LogP contribution in [0.2, 0.25) is 0 Å². The molecule has 1 amide bonds. The molecular formula is C13H22N4OS. The average Bonchev–Trinajstić information content (AvgIpc) is 2.73. The molecule has 19 heavy (non-hydrogen) atoms. The molecule has 0 saturated carbocycles. The molecule has 1 aromatic rings. The van der Waals surface area contributed by atoms with Crippen molar-refractivity contribution in [3.8, 4) is 0 Å². The van der Waals surface area contributed by atoms with Crippen LogP contribution in [-0.2, 0) is 0 Å². The van der Waals surface area contributed by atoms with Crippen LogP contribution in [0, 0.1) is 0 Å². The molecule has 0 bridgehead atoms. The van der Waals surface area contributed by atoms with Crippen LogP contribution in [0.25, 0.3) is 0 Å². The molecule has 0 aliphatic rings. The Hall–Kier alpha value is -1.53. The maximum atomic E-state index is 11.8. The number of carbonyl (C=O) groups is 1. The van der Waals surface area contributed by atoms with Gasteiger partial charge in [-0.15, -0.1) is 17.9 Å². The third-order valence-electron chi connectivity index (χ3n) is 2.46. The summed E-state index contributed by atoms with van der Waals surface area (Å²) in [6.07, 6.45) is 2.69. The fraction of sp³-hybridized carbons (Fsp3) is 0.462. The van der Waals surface area contributed by atoms with Gasteiger partial charge in [0.1, 0.15) is 4.88 Å². The SMILES string of the molecule is C=CCNC(=O)c1sc(NCCCN(C)C)cc1N. The van der Waals surface area contributed by atoms with Crippen LogP contribution in [0.1, 0.15) is 16.1 Å². The molecule has 106 valence electrons.